The van der Waals surface area contributed by atoms with Crippen molar-refractivity contribution in [3.8, 4) is 5.75 Å². The SMILES string of the molecule is COc1ccccc1CN1CCN2CCOP1N(Cc1cccc3ccccc13)CC2. The lowest BCUT2D eigenvalue weighted by molar-refractivity contribution is 0.124. The molecular formula is C25H30N3O2P. The van der Waals surface area contributed by atoms with E-state index < -0.39 is 8.45 Å². The van der Waals surface area contributed by atoms with Gasteiger partial charge in [-0.1, -0.05) is 60.7 Å². The van der Waals surface area contributed by atoms with Crippen molar-refractivity contribution in [2.24, 2.45) is 0 Å². The van der Waals surface area contributed by atoms with Crippen LogP contribution >= 0.6 is 8.45 Å². The van der Waals surface area contributed by atoms with Crippen LogP contribution in [0.15, 0.2) is 66.7 Å². The number of benzene rings is 3. The van der Waals surface area contributed by atoms with Crippen molar-refractivity contribution in [1.29, 1.82) is 0 Å². The van der Waals surface area contributed by atoms with Gasteiger partial charge in [0.15, 0.2) is 8.45 Å². The Morgan fingerprint density at radius 1 is 0.774 bits per heavy atom. The topological polar surface area (TPSA) is 28.2 Å². The second kappa shape index (κ2) is 9.64. The van der Waals surface area contributed by atoms with E-state index in [1.54, 1.807) is 7.11 Å². The molecule has 0 saturated carbocycles. The molecule has 2 unspecified atom stereocenters. The monoisotopic (exact) mass is 435 g/mol. The van der Waals surface area contributed by atoms with E-state index in [0.717, 1.165) is 58.2 Å². The van der Waals surface area contributed by atoms with Crippen LogP contribution < -0.4 is 4.74 Å². The third kappa shape index (κ3) is 4.62. The quantitative estimate of drug-likeness (QED) is 0.541. The number of rotatable bonds is 5. The molecule has 0 aliphatic carbocycles. The first-order chi connectivity index (χ1) is 15.3. The van der Waals surface area contributed by atoms with Crippen LogP contribution in [0.4, 0.5) is 0 Å². The molecule has 2 atom stereocenters. The number of fused-ring (bicyclic) bond motifs is 7. The van der Waals surface area contributed by atoms with Crippen LogP contribution in [-0.2, 0) is 17.6 Å². The molecule has 2 bridgehead atoms. The second-order valence-corrected chi connectivity index (χ2v) is 10.0. The zero-order valence-electron chi connectivity index (χ0n) is 18.1. The fraction of sp³-hybridized carbons (Fsp3) is 0.360. The van der Waals surface area contributed by atoms with Gasteiger partial charge in [0.25, 0.3) is 0 Å². The van der Waals surface area contributed by atoms with E-state index in [1.807, 2.05) is 6.07 Å². The highest BCUT2D eigenvalue weighted by Crippen LogP contribution is 2.49. The van der Waals surface area contributed by atoms with Crippen LogP contribution in [0.3, 0.4) is 0 Å². The van der Waals surface area contributed by atoms with Crippen LogP contribution in [-0.4, -0.2) is 60.7 Å². The van der Waals surface area contributed by atoms with Crippen LogP contribution in [0.5, 0.6) is 5.75 Å². The van der Waals surface area contributed by atoms with Gasteiger partial charge in [0.1, 0.15) is 5.75 Å². The molecule has 3 fully saturated rings. The standard InChI is InChI=1S/C25H30N3O2P/c1-29-25-12-5-3-8-23(25)20-28-16-14-26-13-15-27(31(28)30-18-17-26)19-22-10-6-9-21-7-2-4-11-24(21)22/h2-12H,13-20H2,1H3. The van der Waals surface area contributed by atoms with Crippen LogP contribution in [0.25, 0.3) is 10.8 Å². The molecule has 3 aromatic carbocycles. The van der Waals surface area contributed by atoms with Gasteiger partial charge < -0.3 is 9.26 Å². The van der Waals surface area contributed by atoms with Gasteiger partial charge in [0, 0.05) is 51.4 Å². The zero-order valence-corrected chi connectivity index (χ0v) is 19.0. The van der Waals surface area contributed by atoms with E-state index in [-0.39, 0.29) is 0 Å². The number of hydrogen-bond donors (Lipinski definition) is 0. The maximum atomic E-state index is 6.54. The highest BCUT2D eigenvalue weighted by atomic mass is 31.2. The molecular weight excluding hydrogens is 405 g/mol. The molecule has 3 aliphatic heterocycles. The van der Waals surface area contributed by atoms with Gasteiger partial charge in [-0.2, -0.15) is 0 Å². The van der Waals surface area contributed by atoms with Crippen LogP contribution in [0, 0.1) is 0 Å². The Morgan fingerprint density at radius 3 is 2.29 bits per heavy atom. The van der Waals surface area contributed by atoms with E-state index in [4.69, 9.17) is 9.26 Å². The molecule has 6 heteroatoms. The average Bonchev–Trinajstić information content (AvgIpc) is 2.78. The summed E-state index contributed by atoms with van der Waals surface area (Å²) in [7, 11) is 0.913. The summed E-state index contributed by atoms with van der Waals surface area (Å²) in [5.74, 6) is 0.953. The smallest absolute Gasteiger partial charge is 0.188 e. The van der Waals surface area contributed by atoms with E-state index in [1.165, 1.54) is 21.9 Å². The normalized spacial score (nSPS) is 22.7. The van der Waals surface area contributed by atoms with E-state index in [2.05, 4.69) is 74.9 Å². The summed E-state index contributed by atoms with van der Waals surface area (Å²) < 4.78 is 17.3. The number of methoxy groups -OCH3 is 1. The molecule has 5 nitrogen and oxygen atoms in total. The van der Waals surface area contributed by atoms with Crippen molar-refractivity contribution in [2.75, 3.05) is 46.4 Å². The molecule has 0 radical (unpaired) electrons. The molecule has 3 aromatic rings. The van der Waals surface area contributed by atoms with Gasteiger partial charge in [-0.05, 0) is 22.4 Å². The summed E-state index contributed by atoms with van der Waals surface area (Å²) in [5.41, 5.74) is 2.60. The molecule has 0 amide bonds. The predicted octanol–water partition coefficient (Wildman–Crippen LogP) is 4.73. The zero-order chi connectivity index (χ0) is 21.0. The van der Waals surface area contributed by atoms with Crippen LogP contribution in [0.2, 0.25) is 0 Å². The Kier molecular flexibility index (Phi) is 6.49. The van der Waals surface area contributed by atoms with E-state index in [9.17, 15) is 0 Å². The maximum absolute atomic E-state index is 6.54. The molecule has 0 aromatic heterocycles. The Labute approximate surface area is 186 Å². The van der Waals surface area contributed by atoms with Crippen molar-refractivity contribution >= 4 is 19.2 Å². The van der Waals surface area contributed by atoms with Gasteiger partial charge >= 0.3 is 0 Å². The van der Waals surface area contributed by atoms with Gasteiger partial charge in [-0.3, -0.25) is 4.90 Å². The Morgan fingerprint density at radius 2 is 1.45 bits per heavy atom. The summed E-state index contributed by atoms with van der Waals surface area (Å²) >= 11 is 0. The summed E-state index contributed by atoms with van der Waals surface area (Å²) in [6.45, 7) is 7.81. The Balaban J connectivity index is 1.44. The molecule has 0 N–H and O–H groups in total. The molecule has 3 saturated heterocycles. The average molecular weight is 436 g/mol. The van der Waals surface area contributed by atoms with Gasteiger partial charge in [0.2, 0.25) is 0 Å². The van der Waals surface area contributed by atoms with Gasteiger partial charge in [0.05, 0.1) is 13.7 Å². The fourth-order valence-corrected chi connectivity index (χ4v) is 6.55. The van der Waals surface area contributed by atoms with Crippen molar-refractivity contribution in [1.82, 2.24) is 14.2 Å². The highest BCUT2D eigenvalue weighted by Gasteiger charge is 2.33. The molecule has 31 heavy (non-hydrogen) atoms. The lowest BCUT2D eigenvalue weighted by Crippen LogP contribution is -2.47. The third-order valence-electron chi connectivity index (χ3n) is 6.23. The molecule has 162 valence electrons. The third-order valence-corrected chi connectivity index (χ3v) is 8.29. The minimum atomic E-state index is -0.840. The highest BCUT2D eigenvalue weighted by molar-refractivity contribution is 7.47. The number of nitrogens with zero attached hydrogens (tertiary/aromatic N) is 3. The van der Waals surface area contributed by atoms with Gasteiger partial charge in [-0.25, -0.2) is 9.34 Å². The van der Waals surface area contributed by atoms with Crippen molar-refractivity contribution < 1.29 is 9.26 Å². The molecule has 0 spiro atoms. The molecule has 6 rings (SSSR count). The van der Waals surface area contributed by atoms with Crippen molar-refractivity contribution in [3.05, 3.63) is 77.9 Å². The Bertz CT molecular complexity index is 1030. The molecule has 3 heterocycles. The first kappa shape index (κ1) is 20.9. The second-order valence-electron chi connectivity index (χ2n) is 8.15. The largest absolute Gasteiger partial charge is 0.496 e. The van der Waals surface area contributed by atoms with Gasteiger partial charge in [-0.15, -0.1) is 0 Å². The minimum absolute atomic E-state index is 0.792. The lowest BCUT2D eigenvalue weighted by Gasteiger charge is -2.44. The van der Waals surface area contributed by atoms with E-state index in [0.29, 0.717) is 0 Å². The maximum Gasteiger partial charge on any atom is 0.188 e. The minimum Gasteiger partial charge on any atom is -0.496 e. The predicted molar refractivity (Wildman–Crippen MR) is 127 cm³/mol. The molecule has 3 aliphatic rings. The lowest BCUT2D eigenvalue weighted by atomic mass is 10.0. The summed E-state index contributed by atoms with van der Waals surface area (Å²) in [4.78, 5) is 2.54. The number of ether oxygens (including phenoxy) is 1. The van der Waals surface area contributed by atoms with Crippen LogP contribution in [0.1, 0.15) is 11.1 Å². The van der Waals surface area contributed by atoms with Crippen molar-refractivity contribution in [2.45, 2.75) is 13.1 Å². The fourth-order valence-electron chi connectivity index (χ4n) is 4.55. The number of para-hydroxylation sites is 1. The van der Waals surface area contributed by atoms with Crippen molar-refractivity contribution in [3.63, 3.8) is 0 Å². The first-order valence-electron chi connectivity index (χ1n) is 11.1. The van der Waals surface area contributed by atoms with E-state index >= 15 is 0 Å². The summed E-state index contributed by atoms with van der Waals surface area (Å²) in [6, 6.07) is 23.7. The first-order valence-corrected chi connectivity index (χ1v) is 12.2. The number of hydrogen-bond acceptors (Lipinski definition) is 5. The summed E-state index contributed by atoms with van der Waals surface area (Å²) in [5, 5.41) is 2.64. The Hall–Kier alpha value is -2.01. The summed E-state index contributed by atoms with van der Waals surface area (Å²) in [6.07, 6.45) is 0.